The molecule has 1 aliphatic heterocycles. The first-order valence-electron chi connectivity index (χ1n) is 15.5. The summed E-state index contributed by atoms with van der Waals surface area (Å²) < 4.78 is 68.7. The van der Waals surface area contributed by atoms with Crippen LogP contribution in [-0.2, 0) is 9.84 Å². The molecule has 0 unspecified atom stereocenters. The number of unbranched alkanes of at least 4 members (excludes halogenated alkanes) is 2. The van der Waals surface area contributed by atoms with Crippen LogP contribution in [0.4, 0.5) is 14.5 Å². The molecule has 3 aromatic rings. The van der Waals surface area contributed by atoms with Gasteiger partial charge in [-0.3, -0.25) is 0 Å². The lowest BCUT2D eigenvalue weighted by Gasteiger charge is -2.40. The molecule has 3 aromatic carbocycles. The predicted octanol–water partition coefficient (Wildman–Crippen LogP) is 7.44. The Morgan fingerprint density at radius 2 is 1.48 bits per heavy atom. The molecule has 1 heterocycles. The molecule has 4 rings (SSSR count). The number of ether oxygens (including phenoxy) is 2. The van der Waals surface area contributed by atoms with E-state index < -0.39 is 38.9 Å². The average molecular weight is 630 g/mol. The van der Waals surface area contributed by atoms with Crippen LogP contribution in [0.5, 0.6) is 11.5 Å². The summed E-state index contributed by atoms with van der Waals surface area (Å²) in [5.74, 6) is -1.96. The molecule has 0 radical (unpaired) electrons. The first-order chi connectivity index (χ1) is 20.9. The van der Waals surface area contributed by atoms with Crippen molar-refractivity contribution in [3.05, 3.63) is 82.9 Å². The fourth-order valence-electron chi connectivity index (χ4n) is 6.24. The molecule has 0 aliphatic carbocycles. The first kappa shape index (κ1) is 33.7. The van der Waals surface area contributed by atoms with E-state index in [0.29, 0.717) is 24.0 Å². The Kier molecular flexibility index (Phi) is 10.9. The summed E-state index contributed by atoms with van der Waals surface area (Å²) in [5, 5.41) is 12.3. The zero-order chi connectivity index (χ0) is 32.1. The molecule has 0 amide bonds. The van der Waals surface area contributed by atoms with E-state index in [9.17, 15) is 17.9 Å². The Morgan fingerprint density at radius 3 is 2.02 bits per heavy atom. The lowest BCUT2D eigenvalue weighted by molar-refractivity contribution is 0.0126. The van der Waals surface area contributed by atoms with Gasteiger partial charge in [0, 0.05) is 31.1 Å². The fraction of sp³-hybridized carbons (Fsp3) is 0.486. The number of nitrogens with zero attached hydrogens (tertiary/aromatic N) is 1. The van der Waals surface area contributed by atoms with E-state index in [-0.39, 0.29) is 35.4 Å². The standard InChI is InChI=1S/C35H45F2NO5S/c1-6-8-16-35(17-9-7-2)23-44(40,41)32-15-12-26(38(4)5)22-27(32)33(34(35)39)25-11-14-31(29(37)21-25)43-19-18-42-30-13-10-24(3)20-28(30)36/h10-15,20-22,33-34,39H,6-9,16-19,23H2,1-5H3/t33-,34-/m0/s1. The van der Waals surface area contributed by atoms with E-state index in [2.05, 4.69) is 13.8 Å². The molecule has 240 valence electrons. The molecule has 0 saturated heterocycles. The summed E-state index contributed by atoms with van der Waals surface area (Å²) in [6.45, 7) is 5.89. The Labute approximate surface area is 260 Å². The highest BCUT2D eigenvalue weighted by molar-refractivity contribution is 7.91. The lowest BCUT2D eigenvalue weighted by Crippen LogP contribution is -2.43. The summed E-state index contributed by atoms with van der Waals surface area (Å²) in [7, 11) is -0.0246. The number of fused-ring (bicyclic) bond motifs is 1. The van der Waals surface area contributed by atoms with E-state index in [1.807, 2.05) is 19.0 Å². The van der Waals surface area contributed by atoms with Crippen LogP contribution in [0.2, 0.25) is 0 Å². The van der Waals surface area contributed by atoms with Gasteiger partial charge in [0.1, 0.15) is 13.2 Å². The van der Waals surface area contributed by atoms with Crippen molar-refractivity contribution >= 4 is 15.5 Å². The van der Waals surface area contributed by atoms with Crippen molar-refractivity contribution in [1.82, 2.24) is 0 Å². The molecule has 0 aromatic heterocycles. The maximum atomic E-state index is 15.6. The molecule has 1 N–H and O–H groups in total. The Bertz CT molecular complexity index is 1530. The number of aliphatic hydroxyl groups is 1. The van der Waals surface area contributed by atoms with Crippen molar-refractivity contribution in [2.75, 3.05) is 38.0 Å². The van der Waals surface area contributed by atoms with Gasteiger partial charge in [-0.25, -0.2) is 17.2 Å². The number of aliphatic hydroxyl groups excluding tert-OH is 1. The van der Waals surface area contributed by atoms with Crippen LogP contribution in [0.25, 0.3) is 0 Å². The minimum absolute atomic E-state index is 0.0112. The van der Waals surface area contributed by atoms with Crippen LogP contribution in [0.1, 0.15) is 75.0 Å². The van der Waals surface area contributed by atoms with Gasteiger partial charge in [0.25, 0.3) is 0 Å². The predicted molar refractivity (Wildman–Crippen MR) is 171 cm³/mol. The summed E-state index contributed by atoms with van der Waals surface area (Å²) in [6, 6.07) is 14.4. The Morgan fingerprint density at radius 1 is 0.886 bits per heavy atom. The van der Waals surface area contributed by atoms with E-state index in [4.69, 9.17) is 9.47 Å². The molecule has 0 saturated carbocycles. The van der Waals surface area contributed by atoms with E-state index in [1.54, 1.807) is 43.3 Å². The van der Waals surface area contributed by atoms with Gasteiger partial charge < -0.3 is 19.5 Å². The van der Waals surface area contributed by atoms with Gasteiger partial charge in [-0.15, -0.1) is 0 Å². The van der Waals surface area contributed by atoms with Crippen molar-refractivity contribution < 1.29 is 31.8 Å². The zero-order valence-corrected chi connectivity index (χ0v) is 27.2. The van der Waals surface area contributed by atoms with Crippen LogP contribution in [-0.4, -0.2) is 52.7 Å². The van der Waals surface area contributed by atoms with Gasteiger partial charge >= 0.3 is 0 Å². The van der Waals surface area contributed by atoms with Gasteiger partial charge in [0.15, 0.2) is 33.0 Å². The average Bonchev–Trinajstić information content (AvgIpc) is 3.05. The SMILES string of the molecule is CCCCC1(CCCC)CS(=O)(=O)c2ccc(N(C)C)cc2[C@H](c2ccc(OCCOc3ccc(C)cc3F)c(F)c2)[C@@H]1O. The monoisotopic (exact) mass is 629 g/mol. The number of anilines is 1. The fourth-order valence-corrected chi connectivity index (χ4v) is 8.44. The quantitative estimate of drug-likeness (QED) is 0.198. The number of benzene rings is 3. The number of hydrogen-bond acceptors (Lipinski definition) is 6. The number of aryl methyl sites for hydroxylation is 1. The number of sulfone groups is 1. The highest BCUT2D eigenvalue weighted by Gasteiger charge is 2.49. The third-order valence-electron chi connectivity index (χ3n) is 8.66. The molecule has 9 heteroatoms. The summed E-state index contributed by atoms with van der Waals surface area (Å²) in [5.41, 5.74) is 1.63. The van der Waals surface area contributed by atoms with Gasteiger partial charge in [-0.1, -0.05) is 51.7 Å². The maximum absolute atomic E-state index is 15.6. The topological polar surface area (TPSA) is 76.1 Å². The first-order valence-corrected chi connectivity index (χ1v) is 17.1. The van der Waals surface area contributed by atoms with Gasteiger partial charge in [0.2, 0.25) is 0 Å². The highest BCUT2D eigenvalue weighted by Crippen LogP contribution is 2.50. The molecule has 1 aliphatic rings. The molecule has 0 spiro atoms. The second-order valence-corrected chi connectivity index (χ2v) is 14.1. The van der Waals surface area contributed by atoms with Crippen LogP contribution < -0.4 is 14.4 Å². The molecular weight excluding hydrogens is 584 g/mol. The van der Waals surface area contributed by atoms with E-state index >= 15 is 4.39 Å². The van der Waals surface area contributed by atoms with E-state index in [0.717, 1.165) is 36.9 Å². The number of halogens is 2. The third kappa shape index (κ3) is 7.37. The van der Waals surface area contributed by atoms with Gasteiger partial charge in [0.05, 0.1) is 16.8 Å². The Hall–Kier alpha value is -3.17. The molecule has 0 fully saturated rings. The lowest BCUT2D eigenvalue weighted by atomic mass is 9.68. The van der Waals surface area contributed by atoms with Crippen molar-refractivity contribution in [1.29, 1.82) is 0 Å². The normalized spacial score (nSPS) is 18.7. The zero-order valence-electron chi connectivity index (χ0n) is 26.4. The summed E-state index contributed by atoms with van der Waals surface area (Å²) in [6.07, 6.45) is 3.34. The van der Waals surface area contributed by atoms with Crippen LogP contribution in [0.15, 0.2) is 59.5 Å². The number of hydrogen-bond donors (Lipinski definition) is 1. The second kappa shape index (κ2) is 14.3. The minimum atomic E-state index is -3.76. The van der Waals surface area contributed by atoms with Gasteiger partial charge in [-0.2, -0.15) is 0 Å². The van der Waals surface area contributed by atoms with Crippen LogP contribution >= 0.6 is 0 Å². The largest absolute Gasteiger partial charge is 0.487 e. The van der Waals surface area contributed by atoms with Gasteiger partial charge in [-0.05, 0) is 78.9 Å². The molecule has 2 atom stereocenters. The van der Waals surface area contributed by atoms with Crippen LogP contribution in [0, 0.1) is 24.0 Å². The van der Waals surface area contributed by atoms with Crippen molar-refractivity contribution in [3.63, 3.8) is 0 Å². The minimum Gasteiger partial charge on any atom is -0.487 e. The highest BCUT2D eigenvalue weighted by atomic mass is 32.2. The van der Waals surface area contributed by atoms with Crippen molar-refractivity contribution in [3.8, 4) is 11.5 Å². The third-order valence-corrected chi connectivity index (χ3v) is 10.7. The molecule has 0 bridgehead atoms. The van der Waals surface area contributed by atoms with Crippen molar-refractivity contribution in [2.24, 2.45) is 5.41 Å². The molecule has 44 heavy (non-hydrogen) atoms. The Balaban J connectivity index is 1.70. The van der Waals surface area contributed by atoms with Crippen molar-refractivity contribution in [2.45, 2.75) is 76.2 Å². The van der Waals surface area contributed by atoms with Crippen LogP contribution in [0.3, 0.4) is 0 Å². The molecular formula is C35H45F2NO5S. The van der Waals surface area contributed by atoms with E-state index in [1.165, 1.54) is 18.2 Å². The molecule has 6 nitrogen and oxygen atoms in total. The number of rotatable bonds is 13. The maximum Gasteiger partial charge on any atom is 0.179 e. The summed E-state index contributed by atoms with van der Waals surface area (Å²) in [4.78, 5) is 2.06. The second-order valence-electron chi connectivity index (χ2n) is 12.2. The summed E-state index contributed by atoms with van der Waals surface area (Å²) >= 11 is 0. The smallest absolute Gasteiger partial charge is 0.179 e.